The molecule has 0 aliphatic carbocycles. The lowest BCUT2D eigenvalue weighted by Crippen LogP contribution is -2.17. The van der Waals surface area contributed by atoms with E-state index in [1.165, 1.54) is 0 Å². The van der Waals surface area contributed by atoms with E-state index in [1.807, 2.05) is 30.6 Å². The summed E-state index contributed by atoms with van der Waals surface area (Å²) in [5, 5.41) is 10.7. The number of fused-ring (bicyclic) bond motifs is 1. The zero-order chi connectivity index (χ0) is 13.9. The van der Waals surface area contributed by atoms with E-state index in [2.05, 4.69) is 16.0 Å². The van der Waals surface area contributed by atoms with Crippen LogP contribution < -0.4 is 9.64 Å². The first-order valence-electron chi connectivity index (χ1n) is 6.37. The fourth-order valence-corrected chi connectivity index (χ4v) is 2.20. The second kappa shape index (κ2) is 5.21. The van der Waals surface area contributed by atoms with Crippen LogP contribution in [0.25, 0.3) is 10.8 Å². The molecule has 1 heterocycles. The highest BCUT2D eigenvalue weighted by Gasteiger charge is 2.09. The summed E-state index contributed by atoms with van der Waals surface area (Å²) in [7, 11) is 0. The van der Waals surface area contributed by atoms with Crippen molar-refractivity contribution < 1.29 is 14.6 Å². The van der Waals surface area contributed by atoms with Gasteiger partial charge in [0.15, 0.2) is 6.61 Å². The van der Waals surface area contributed by atoms with Crippen LogP contribution in [0.2, 0.25) is 0 Å². The van der Waals surface area contributed by atoms with Gasteiger partial charge in [-0.15, -0.1) is 0 Å². The molecule has 0 radical (unpaired) electrons. The van der Waals surface area contributed by atoms with Gasteiger partial charge >= 0.3 is 5.97 Å². The first-order valence-corrected chi connectivity index (χ1v) is 6.37. The third-order valence-electron chi connectivity index (χ3n) is 3.18. The topological polar surface area (TPSA) is 62.1 Å². The molecule has 0 saturated carbocycles. The van der Waals surface area contributed by atoms with Gasteiger partial charge in [0.2, 0.25) is 0 Å². The minimum absolute atomic E-state index is 0.326. The number of anilines is 1. The van der Waals surface area contributed by atoms with Crippen LogP contribution in [0.4, 0.5) is 5.69 Å². The van der Waals surface area contributed by atoms with Crippen molar-refractivity contribution in [3.63, 3.8) is 0 Å². The molecule has 5 heteroatoms. The quantitative estimate of drug-likeness (QED) is 0.924. The molecule has 102 valence electrons. The highest BCUT2D eigenvalue weighted by molar-refractivity contribution is 5.91. The lowest BCUT2D eigenvalue weighted by atomic mass is 10.1. The van der Waals surface area contributed by atoms with E-state index < -0.39 is 5.97 Å². The van der Waals surface area contributed by atoms with Crippen LogP contribution in [0.15, 0.2) is 41.4 Å². The minimum atomic E-state index is -0.978. The highest BCUT2D eigenvalue weighted by Crippen LogP contribution is 2.26. The molecule has 0 saturated heterocycles. The Morgan fingerprint density at radius 2 is 2.05 bits per heavy atom. The van der Waals surface area contributed by atoms with E-state index in [4.69, 9.17) is 9.84 Å². The fraction of sp³-hybridized carbons (Fsp3) is 0.200. The van der Waals surface area contributed by atoms with Crippen molar-refractivity contribution in [1.29, 1.82) is 0 Å². The van der Waals surface area contributed by atoms with Gasteiger partial charge in [-0.3, -0.25) is 4.99 Å². The Labute approximate surface area is 116 Å². The number of nitrogens with zero attached hydrogens (tertiary/aromatic N) is 2. The highest BCUT2D eigenvalue weighted by atomic mass is 16.5. The summed E-state index contributed by atoms with van der Waals surface area (Å²) >= 11 is 0. The lowest BCUT2D eigenvalue weighted by molar-refractivity contribution is -0.139. The number of aliphatic imine (C=N–C) groups is 1. The van der Waals surface area contributed by atoms with Gasteiger partial charge in [0, 0.05) is 12.2 Å². The van der Waals surface area contributed by atoms with Crippen LogP contribution in [0, 0.1) is 0 Å². The predicted octanol–water partition coefficient (Wildman–Crippen LogP) is 2.15. The molecule has 0 atom stereocenters. The summed E-state index contributed by atoms with van der Waals surface area (Å²) in [6.45, 7) is 1.42. The van der Waals surface area contributed by atoms with Crippen LogP contribution in [-0.2, 0) is 4.79 Å². The number of benzene rings is 2. The molecule has 0 unspecified atom stereocenters. The second-order valence-corrected chi connectivity index (χ2v) is 4.59. The van der Waals surface area contributed by atoms with E-state index in [9.17, 15) is 4.79 Å². The average Bonchev–Trinajstić information content (AvgIpc) is 2.98. The minimum Gasteiger partial charge on any atom is -0.482 e. The van der Waals surface area contributed by atoms with Crippen LogP contribution >= 0.6 is 0 Å². The Morgan fingerprint density at radius 3 is 2.80 bits per heavy atom. The maximum Gasteiger partial charge on any atom is 0.341 e. The largest absolute Gasteiger partial charge is 0.482 e. The number of hydrogen-bond acceptors (Lipinski definition) is 4. The van der Waals surface area contributed by atoms with Gasteiger partial charge in [-0.05, 0) is 35.0 Å². The smallest absolute Gasteiger partial charge is 0.341 e. The van der Waals surface area contributed by atoms with Crippen molar-refractivity contribution in [3.8, 4) is 5.75 Å². The molecule has 0 aromatic heterocycles. The molecule has 1 aliphatic heterocycles. The Balaban J connectivity index is 1.86. The van der Waals surface area contributed by atoms with Gasteiger partial charge in [-0.1, -0.05) is 12.1 Å². The summed E-state index contributed by atoms with van der Waals surface area (Å²) in [4.78, 5) is 16.8. The van der Waals surface area contributed by atoms with Crippen molar-refractivity contribution in [2.75, 3.05) is 24.6 Å². The van der Waals surface area contributed by atoms with Crippen molar-refractivity contribution in [3.05, 3.63) is 36.4 Å². The van der Waals surface area contributed by atoms with Gasteiger partial charge in [0.1, 0.15) is 5.75 Å². The maximum atomic E-state index is 10.5. The first-order chi connectivity index (χ1) is 9.72. The van der Waals surface area contributed by atoms with Crippen LogP contribution in [0.5, 0.6) is 5.75 Å². The maximum absolute atomic E-state index is 10.5. The normalized spacial score (nSPS) is 13.9. The molecule has 0 bridgehead atoms. The molecular weight excluding hydrogens is 256 g/mol. The number of aliphatic carboxylic acids is 1. The number of carboxylic acids is 1. The number of carbonyl (C=O) groups is 1. The molecule has 1 aliphatic rings. The standard InChI is InChI=1S/C15H14N2O3/c18-15(19)9-20-14-4-2-11-7-13(3-1-12(11)8-14)17-6-5-16-10-17/h1-4,7-8,10H,5-6,9H2,(H,18,19). The van der Waals surface area contributed by atoms with E-state index in [0.717, 1.165) is 29.5 Å². The van der Waals surface area contributed by atoms with Crippen molar-refractivity contribution in [2.24, 2.45) is 4.99 Å². The molecule has 5 nitrogen and oxygen atoms in total. The van der Waals surface area contributed by atoms with E-state index in [1.54, 1.807) is 6.07 Å². The van der Waals surface area contributed by atoms with E-state index in [-0.39, 0.29) is 6.61 Å². The predicted molar refractivity (Wildman–Crippen MR) is 77.8 cm³/mol. The molecule has 3 rings (SSSR count). The molecular formula is C15H14N2O3. The van der Waals surface area contributed by atoms with Crippen LogP contribution in [0.1, 0.15) is 0 Å². The summed E-state index contributed by atoms with van der Waals surface area (Å²) < 4.78 is 5.17. The fourth-order valence-electron chi connectivity index (χ4n) is 2.20. The molecule has 20 heavy (non-hydrogen) atoms. The van der Waals surface area contributed by atoms with E-state index in [0.29, 0.717) is 5.75 Å². The zero-order valence-corrected chi connectivity index (χ0v) is 10.8. The molecule has 1 N–H and O–H groups in total. The molecule has 2 aromatic rings. The van der Waals surface area contributed by atoms with Crippen LogP contribution in [-0.4, -0.2) is 37.1 Å². The zero-order valence-electron chi connectivity index (χ0n) is 10.8. The summed E-state index contributed by atoms with van der Waals surface area (Å²) in [5.74, 6) is -0.413. The van der Waals surface area contributed by atoms with Gasteiger partial charge in [0.25, 0.3) is 0 Å². The van der Waals surface area contributed by atoms with Crippen LogP contribution in [0.3, 0.4) is 0 Å². The number of ether oxygens (including phenoxy) is 1. The number of hydrogen-bond donors (Lipinski definition) is 1. The van der Waals surface area contributed by atoms with E-state index >= 15 is 0 Å². The van der Waals surface area contributed by atoms with Gasteiger partial charge in [0.05, 0.1) is 12.9 Å². The third-order valence-corrected chi connectivity index (χ3v) is 3.18. The molecule has 0 amide bonds. The molecule has 2 aromatic carbocycles. The second-order valence-electron chi connectivity index (χ2n) is 4.59. The SMILES string of the molecule is O=C(O)COc1ccc2cc(N3C=NCC3)ccc2c1. The Bertz CT molecular complexity index is 682. The van der Waals surface area contributed by atoms with Gasteiger partial charge in [-0.25, -0.2) is 4.79 Å². The lowest BCUT2D eigenvalue weighted by Gasteiger charge is -2.14. The third kappa shape index (κ3) is 2.56. The molecule has 0 fully saturated rings. The Morgan fingerprint density at radius 1 is 1.25 bits per heavy atom. The molecule has 0 spiro atoms. The van der Waals surface area contributed by atoms with Gasteiger partial charge in [-0.2, -0.15) is 0 Å². The monoisotopic (exact) mass is 270 g/mol. The number of rotatable bonds is 4. The van der Waals surface area contributed by atoms with Crippen molar-refractivity contribution >= 4 is 28.8 Å². The summed E-state index contributed by atoms with van der Waals surface area (Å²) in [5.41, 5.74) is 1.11. The Hall–Kier alpha value is -2.56. The van der Waals surface area contributed by atoms with Gasteiger partial charge < -0.3 is 14.7 Å². The van der Waals surface area contributed by atoms with Crippen molar-refractivity contribution in [2.45, 2.75) is 0 Å². The first kappa shape index (κ1) is 12.5. The average molecular weight is 270 g/mol. The summed E-state index contributed by atoms with van der Waals surface area (Å²) in [6.07, 6.45) is 1.85. The summed E-state index contributed by atoms with van der Waals surface area (Å²) in [6, 6.07) is 11.7. The van der Waals surface area contributed by atoms with Crippen molar-refractivity contribution in [1.82, 2.24) is 0 Å². The Kier molecular flexibility index (Phi) is 3.25. The number of carboxylic acid groups (broad SMARTS) is 1.